The minimum absolute atomic E-state index is 0.372. The van der Waals surface area contributed by atoms with E-state index in [0.717, 1.165) is 5.56 Å². The highest BCUT2D eigenvalue weighted by Gasteiger charge is 2.10. The van der Waals surface area contributed by atoms with E-state index in [1.165, 1.54) is 0 Å². The number of rotatable bonds is 4. The van der Waals surface area contributed by atoms with Crippen molar-refractivity contribution in [3.05, 3.63) is 59.9 Å². The van der Waals surface area contributed by atoms with Crippen LogP contribution in [0.2, 0.25) is 0 Å². The van der Waals surface area contributed by atoms with Crippen molar-refractivity contribution in [3.8, 4) is 5.75 Å². The van der Waals surface area contributed by atoms with E-state index in [-0.39, 0.29) is 5.91 Å². The second-order valence-electron chi connectivity index (χ2n) is 3.61. The van der Waals surface area contributed by atoms with Crippen LogP contribution in [0.25, 0.3) is 0 Å². The van der Waals surface area contributed by atoms with Gasteiger partial charge in [-0.15, -0.1) is 0 Å². The zero-order valence-corrected chi connectivity index (χ0v) is 9.67. The second kappa shape index (κ2) is 5.79. The van der Waals surface area contributed by atoms with Crippen LogP contribution in [-0.2, 0) is 6.61 Å². The summed E-state index contributed by atoms with van der Waals surface area (Å²) in [5, 5.41) is 0. The average Bonchev–Trinajstić information content (AvgIpc) is 2.45. The van der Waals surface area contributed by atoms with Gasteiger partial charge < -0.3 is 4.74 Å². The molecular formula is C13H13N3O2. The van der Waals surface area contributed by atoms with Crippen LogP contribution in [0.5, 0.6) is 5.75 Å². The Labute approximate surface area is 105 Å². The summed E-state index contributed by atoms with van der Waals surface area (Å²) in [6, 6.07) is 10.6. The van der Waals surface area contributed by atoms with E-state index in [1.54, 1.807) is 36.7 Å². The van der Waals surface area contributed by atoms with Crippen LogP contribution in [0.3, 0.4) is 0 Å². The molecule has 2 aromatic rings. The average molecular weight is 243 g/mol. The molecule has 1 heterocycles. The minimum Gasteiger partial charge on any atom is -0.488 e. The maximum absolute atomic E-state index is 11.5. The summed E-state index contributed by atoms with van der Waals surface area (Å²) in [6.07, 6.45) is 3.38. The molecule has 0 bridgehead atoms. The maximum atomic E-state index is 11.5. The number of amides is 1. The van der Waals surface area contributed by atoms with Gasteiger partial charge in [0.15, 0.2) is 0 Å². The standard InChI is InChI=1S/C13H13N3O2/c14-16-13(17)11-3-1-2-4-12(11)18-9-10-5-7-15-8-6-10/h1-8H,9,14H2,(H,16,17). The van der Waals surface area contributed by atoms with E-state index in [2.05, 4.69) is 10.4 Å². The van der Waals surface area contributed by atoms with Gasteiger partial charge in [0.2, 0.25) is 0 Å². The molecule has 0 unspecified atom stereocenters. The molecule has 92 valence electrons. The molecule has 0 saturated heterocycles. The number of para-hydroxylation sites is 1. The molecule has 1 amide bonds. The summed E-state index contributed by atoms with van der Waals surface area (Å²) < 4.78 is 5.60. The quantitative estimate of drug-likeness (QED) is 0.481. The van der Waals surface area contributed by atoms with E-state index in [1.807, 2.05) is 12.1 Å². The third kappa shape index (κ3) is 2.83. The van der Waals surface area contributed by atoms with E-state index < -0.39 is 0 Å². The highest BCUT2D eigenvalue weighted by molar-refractivity contribution is 5.96. The molecule has 1 aromatic carbocycles. The number of benzene rings is 1. The number of nitrogen functional groups attached to an aromatic ring is 1. The molecule has 18 heavy (non-hydrogen) atoms. The van der Waals surface area contributed by atoms with Gasteiger partial charge >= 0.3 is 0 Å². The number of carbonyl (C=O) groups excluding carboxylic acids is 1. The molecule has 0 radical (unpaired) electrons. The van der Waals surface area contributed by atoms with Gasteiger partial charge in [0, 0.05) is 12.4 Å². The fraction of sp³-hybridized carbons (Fsp3) is 0.0769. The van der Waals surface area contributed by atoms with E-state index in [4.69, 9.17) is 10.6 Å². The van der Waals surface area contributed by atoms with Crippen molar-refractivity contribution < 1.29 is 9.53 Å². The summed E-state index contributed by atoms with van der Waals surface area (Å²) >= 11 is 0. The molecule has 0 spiro atoms. The van der Waals surface area contributed by atoms with Crippen molar-refractivity contribution in [2.75, 3.05) is 0 Å². The van der Waals surface area contributed by atoms with Crippen LogP contribution < -0.4 is 16.0 Å². The van der Waals surface area contributed by atoms with Crippen LogP contribution in [0, 0.1) is 0 Å². The summed E-state index contributed by atoms with van der Waals surface area (Å²) in [5.41, 5.74) is 3.48. The lowest BCUT2D eigenvalue weighted by molar-refractivity contribution is 0.0949. The number of nitrogens with two attached hydrogens (primary N) is 1. The number of nitrogens with one attached hydrogen (secondary N) is 1. The number of hydrogen-bond donors (Lipinski definition) is 2. The van der Waals surface area contributed by atoms with Crippen LogP contribution in [0.4, 0.5) is 0 Å². The Morgan fingerprint density at radius 2 is 1.94 bits per heavy atom. The van der Waals surface area contributed by atoms with E-state index >= 15 is 0 Å². The summed E-state index contributed by atoms with van der Waals surface area (Å²) in [4.78, 5) is 15.4. The Kier molecular flexibility index (Phi) is 3.88. The molecule has 0 fully saturated rings. The van der Waals surface area contributed by atoms with Gasteiger partial charge in [-0.2, -0.15) is 0 Å². The van der Waals surface area contributed by atoms with Crippen molar-refractivity contribution in [1.82, 2.24) is 10.4 Å². The minimum atomic E-state index is -0.375. The Balaban J connectivity index is 2.12. The highest BCUT2D eigenvalue weighted by Crippen LogP contribution is 2.18. The highest BCUT2D eigenvalue weighted by atomic mass is 16.5. The summed E-state index contributed by atoms with van der Waals surface area (Å²) in [7, 11) is 0. The predicted molar refractivity (Wildman–Crippen MR) is 66.7 cm³/mol. The lowest BCUT2D eigenvalue weighted by atomic mass is 10.2. The molecule has 0 aliphatic rings. The smallest absolute Gasteiger partial charge is 0.268 e. The maximum Gasteiger partial charge on any atom is 0.268 e. The van der Waals surface area contributed by atoms with Crippen molar-refractivity contribution in [1.29, 1.82) is 0 Å². The van der Waals surface area contributed by atoms with Crippen molar-refractivity contribution in [2.24, 2.45) is 5.84 Å². The Hall–Kier alpha value is -2.40. The number of nitrogens with zero attached hydrogens (tertiary/aromatic N) is 1. The zero-order chi connectivity index (χ0) is 12.8. The Bertz CT molecular complexity index is 529. The Morgan fingerprint density at radius 3 is 2.67 bits per heavy atom. The molecule has 0 saturated carbocycles. The molecule has 1 aromatic heterocycles. The fourth-order valence-corrected chi connectivity index (χ4v) is 1.50. The third-order valence-electron chi connectivity index (χ3n) is 2.41. The molecule has 3 N–H and O–H groups in total. The van der Waals surface area contributed by atoms with Gasteiger partial charge in [0.25, 0.3) is 5.91 Å². The van der Waals surface area contributed by atoms with Crippen molar-refractivity contribution in [2.45, 2.75) is 6.61 Å². The van der Waals surface area contributed by atoms with Gasteiger partial charge in [0.1, 0.15) is 12.4 Å². The largest absolute Gasteiger partial charge is 0.488 e. The van der Waals surface area contributed by atoms with Gasteiger partial charge in [-0.1, -0.05) is 12.1 Å². The van der Waals surface area contributed by atoms with Crippen molar-refractivity contribution in [3.63, 3.8) is 0 Å². The number of carbonyl (C=O) groups is 1. The van der Waals surface area contributed by atoms with Crippen molar-refractivity contribution >= 4 is 5.91 Å². The van der Waals surface area contributed by atoms with E-state index in [0.29, 0.717) is 17.9 Å². The lowest BCUT2D eigenvalue weighted by Gasteiger charge is -2.10. The van der Waals surface area contributed by atoms with Crippen LogP contribution in [0.1, 0.15) is 15.9 Å². The van der Waals surface area contributed by atoms with E-state index in [9.17, 15) is 4.79 Å². The SMILES string of the molecule is NNC(=O)c1ccccc1OCc1ccncc1. The monoisotopic (exact) mass is 243 g/mol. The first kappa shape index (κ1) is 12.1. The number of hydrazine groups is 1. The lowest BCUT2D eigenvalue weighted by Crippen LogP contribution is -2.30. The second-order valence-corrected chi connectivity index (χ2v) is 3.61. The summed E-state index contributed by atoms with van der Waals surface area (Å²) in [6.45, 7) is 0.372. The van der Waals surface area contributed by atoms with Gasteiger partial charge in [0.05, 0.1) is 5.56 Å². The first-order chi connectivity index (χ1) is 8.81. The number of ether oxygens (including phenoxy) is 1. The molecule has 5 heteroatoms. The van der Waals surface area contributed by atoms with Gasteiger partial charge in [-0.3, -0.25) is 15.2 Å². The van der Waals surface area contributed by atoms with Gasteiger partial charge in [-0.25, -0.2) is 5.84 Å². The molecule has 5 nitrogen and oxygen atoms in total. The third-order valence-corrected chi connectivity index (χ3v) is 2.41. The number of pyridine rings is 1. The molecule has 0 aliphatic carbocycles. The van der Waals surface area contributed by atoms with Crippen LogP contribution >= 0.6 is 0 Å². The molecular weight excluding hydrogens is 230 g/mol. The Morgan fingerprint density at radius 1 is 1.22 bits per heavy atom. The predicted octanol–water partition coefficient (Wildman–Crippen LogP) is 1.26. The van der Waals surface area contributed by atoms with Gasteiger partial charge in [-0.05, 0) is 29.8 Å². The molecule has 2 rings (SSSR count). The van der Waals surface area contributed by atoms with Crippen LogP contribution in [-0.4, -0.2) is 10.9 Å². The number of aromatic nitrogens is 1. The zero-order valence-electron chi connectivity index (χ0n) is 9.67. The fourth-order valence-electron chi connectivity index (χ4n) is 1.50. The number of hydrogen-bond acceptors (Lipinski definition) is 4. The molecule has 0 aliphatic heterocycles. The first-order valence-corrected chi connectivity index (χ1v) is 5.43. The normalized spacial score (nSPS) is 9.83. The topological polar surface area (TPSA) is 77.2 Å². The summed E-state index contributed by atoms with van der Waals surface area (Å²) in [5.74, 6) is 5.24. The molecule has 0 atom stereocenters. The van der Waals surface area contributed by atoms with Crippen LogP contribution in [0.15, 0.2) is 48.8 Å². The first-order valence-electron chi connectivity index (χ1n) is 5.43.